The molecule has 56 heavy (non-hydrogen) atoms. The van der Waals surface area contributed by atoms with Crippen LogP contribution in [-0.4, -0.2) is 48.7 Å². The molecule has 10 nitrogen and oxygen atoms in total. The molecule has 0 atom stereocenters. The maximum Gasteiger partial charge on any atom is 0.343 e. The molecule has 6 rings (SSSR count). The zero-order valence-electron chi connectivity index (χ0n) is 31.2. The first kappa shape index (κ1) is 39.4. The molecule has 6 aromatic rings. The average molecular weight is 770 g/mol. The maximum absolute atomic E-state index is 13.7. The molecule has 0 fully saturated rings. The number of benzene rings is 5. The first-order valence-electron chi connectivity index (χ1n) is 18.6. The number of nitrogens with zero attached hydrogens (tertiary/aromatic N) is 2. The van der Waals surface area contributed by atoms with Crippen molar-refractivity contribution < 1.29 is 33.3 Å². The van der Waals surface area contributed by atoms with E-state index >= 15 is 0 Å². The highest BCUT2D eigenvalue weighted by Gasteiger charge is 2.19. The Kier molecular flexibility index (Phi) is 13.9. The Bertz CT molecular complexity index is 2280. The third-order valence-electron chi connectivity index (χ3n) is 8.77. The predicted molar refractivity (Wildman–Crippen MR) is 222 cm³/mol. The van der Waals surface area contributed by atoms with Gasteiger partial charge in [-0.25, -0.2) is 14.6 Å². The second-order valence-corrected chi connectivity index (χ2v) is 13.9. The number of hydrogen-bond acceptors (Lipinski definition) is 11. The molecule has 0 saturated carbocycles. The number of anilines is 1. The van der Waals surface area contributed by atoms with Crippen molar-refractivity contribution >= 4 is 61.4 Å². The number of carbonyl (C=O) groups is 3. The molecular formula is C45H43N3O7S. The SMILES string of the molecule is C=CC(=O)OCCCCCCOc1ccc(C(=O)Oc2c(/C=N/Nc3nc4ccccc4s3)cc(CC(=O)c3ccc(OCCC)cc3)c3ccccc23)cc1. The van der Waals surface area contributed by atoms with E-state index in [-0.39, 0.29) is 12.2 Å². The highest BCUT2D eigenvalue weighted by Crippen LogP contribution is 2.34. The lowest BCUT2D eigenvalue weighted by atomic mass is 9.94. The summed E-state index contributed by atoms with van der Waals surface area (Å²) in [6.07, 6.45) is 7.22. The van der Waals surface area contributed by atoms with Gasteiger partial charge < -0.3 is 18.9 Å². The Morgan fingerprint density at radius 3 is 2.16 bits per heavy atom. The van der Waals surface area contributed by atoms with E-state index in [1.165, 1.54) is 11.3 Å². The number of ketones is 1. The van der Waals surface area contributed by atoms with E-state index in [0.717, 1.165) is 65.1 Å². The van der Waals surface area contributed by atoms with Gasteiger partial charge in [0.2, 0.25) is 5.13 Å². The monoisotopic (exact) mass is 769 g/mol. The lowest BCUT2D eigenvalue weighted by Gasteiger charge is -2.15. The Labute approximate surface area is 329 Å². The van der Waals surface area contributed by atoms with Crippen molar-refractivity contribution in [1.82, 2.24) is 4.98 Å². The van der Waals surface area contributed by atoms with Crippen molar-refractivity contribution in [2.45, 2.75) is 45.4 Å². The predicted octanol–water partition coefficient (Wildman–Crippen LogP) is 10.00. The number of aromatic nitrogens is 1. The van der Waals surface area contributed by atoms with Crippen LogP contribution in [0.1, 0.15) is 70.9 Å². The van der Waals surface area contributed by atoms with Crippen molar-refractivity contribution in [3.8, 4) is 17.2 Å². The molecule has 11 heteroatoms. The zero-order valence-corrected chi connectivity index (χ0v) is 32.0. The smallest absolute Gasteiger partial charge is 0.343 e. The number of fused-ring (bicyclic) bond motifs is 2. The first-order chi connectivity index (χ1) is 27.4. The largest absolute Gasteiger partial charge is 0.494 e. The van der Waals surface area contributed by atoms with E-state index in [4.69, 9.17) is 18.9 Å². The Hall–Kier alpha value is -6.33. The molecule has 0 aliphatic carbocycles. The Balaban J connectivity index is 1.19. The van der Waals surface area contributed by atoms with Crippen LogP contribution in [0.4, 0.5) is 5.13 Å². The number of carbonyl (C=O) groups excluding carboxylic acids is 3. The normalized spacial score (nSPS) is 11.1. The lowest BCUT2D eigenvalue weighted by molar-refractivity contribution is -0.137. The summed E-state index contributed by atoms with van der Waals surface area (Å²) in [4.78, 5) is 43.0. The molecule has 0 aliphatic heterocycles. The summed E-state index contributed by atoms with van der Waals surface area (Å²) < 4.78 is 23.7. The van der Waals surface area contributed by atoms with Crippen LogP contribution in [0.25, 0.3) is 21.0 Å². The van der Waals surface area contributed by atoms with Gasteiger partial charge in [-0.2, -0.15) is 5.10 Å². The van der Waals surface area contributed by atoms with Crippen molar-refractivity contribution in [1.29, 1.82) is 0 Å². The third-order valence-corrected chi connectivity index (χ3v) is 9.71. The molecule has 0 aliphatic rings. The van der Waals surface area contributed by atoms with Crippen LogP contribution in [0, 0.1) is 0 Å². The summed E-state index contributed by atoms with van der Waals surface area (Å²) in [6, 6.07) is 31.2. The molecule has 0 amide bonds. The van der Waals surface area contributed by atoms with E-state index in [9.17, 15) is 14.4 Å². The minimum Gasteiger partial charge on any atom is -0.494 e. The van der Waals surface area contributed by atoms with Gasteiger partial charge in [0.05, 0.1) is 41.8 Å². The van der Waals surface area contributed by atoms with Crippen molar-refractivity contribution in [2.75, 3.05) is 25.2 Å². The van der Waals surface area contributed by atoms with Crippen LogP contribution >= 0.6 is 11.3 Å². The summed E-state index contributed by atoms with van der Waals surface area (Å²) in [5, 5.41) is 6.54. The molecule has 5 aromatic carbocycles. The minimum atomic E-state index is -0.554. The van der Waals surface area contributed by atoms with E-state index in [0.29, 0.717) is 58.5 Å². The van der Waals surface area contributed by atoms with Crippen LogP contribution in [0.5, 0.6) is 17.2 Å². The van der Waals surface area contributed by atoms with Gasteiger partial charge in [0.1, 0.15) is 17.2 Å². The van der Waals surface area contributed by atoms with Gasteiger partial charge in [-0.15, -0.1) is 0 Å². The number of esters is 2. The maximum atomic E-state index is 13.7. The number of nitrogens with one attached hydrogen (secondary N) is 1. The van der Waals surface area contributed by atoms with Gasteiger partial charge in [0, 0.05) is 29.0 Å². The summed E-state index contributed by atoms with van der Waals surface area (Å²) in [5.74, 6) is 0.643. The molecule has 0 bridgehead atoms. The Morgan fingerprint density at radius 1 is 0.786 bits per heavy atom. The second kappa shape index (κ2) is 19.8. The van der Waals surface area contributed by atoms with Crippen molar-refractivity contribution in [3.05, 3.63) is 138 Å². The molecule has 0 unspecified atom stereocenters. The Morgan fingerprint density at radius 2 is 1.45 bits per heavy atom. The number of hydrogen-bond donors (Lipinski definition) is 1. The molecule has 286 valence electrons. The van der Waals surface area contributed by atoms with Crippen LogP contribution in [0.3, 0.4) is 0 Å². The molecule has 0 spiro atoms. The molecule has 1 heterocycles. The summed E-state index contributed by atoms with van der Waals surface area (Å²) >= 11 is 1.47. The fraction of sp³-hybridized carbons (Fsp3) is 0.222. The number of para-hydroxylation sites is 1. The molecule has 0 radical (unpaired) electrons. The molecule has 1 aromatic heterocycles. The van der Waals surface area contributed by atoms with Gasteiger partial charge in [0.15, 0.2) is 5.78 Å². The molecule has 0 saturated heterocycles. The van der Waals surface area contributed by atoms with E-state index in [2.05, 4.69) is 22.1 Å². The number of rotatable bonds is 20. The van der Waals surface area contributed by atoms with E-state index < -0.39 is 11.9 Å². The number of hydrazone groups is 1. The molecular weight excluding hydrogens is 727 g/mol. The zero-order chi connectivity index (χ0) is 39.1. The van der Waals surface area contributed by atoms with Gasteiger partial charge in [-0.1, -0.05) is 61.2 Å². The highest BCUT2D eigenvalue weighted by molar-refractivity contribution is 7.22. The van der Waals surface area contributed by atoms with Crippen molar-refractivity contribution in [3.63, 3.8) is 0 Å². The van der Waals surface area contributed by atoms with E-state index in [1.807, 2.05) is 73.7 Å². The van der Waals surface area contributed by atoms with Crippen LogP contribution in [0.2, 0.25) is 0 Å². The highest BCUT2D eigenvalue weighted by atomic mass is 32.1. The first-order valence-corrected chi connectivity index (χ1v) is 19.4. The summed E-state index contributed by atoms with van der Waals surface area (Å²) in [5.41, 5.74) is 6.06. The number of ether oxygens (including phenoxy) is 4. The minimum absolute atomic E-state index is 0.0636. The van der Waals surface area contributed by atoms with Crippen LogP contribution in [0.15, 0.2) is 121 Å². The van der Waals surface area contributed by atoms with Gasteiger partial charge in [-0.3, -0.25) is 10.2 Å². The topological polar surface area (TPSA) is 125 Å². The average Bonchev–Trinajstić information content (AvgIpc) is 3.65. The number of Topliss-reactive ketones (excluding diaryl/α,β-unsaturated/α-hetero) is 1. The van der Waals surface area contributed by atoms with Gasteiger partial charge in [-0.05, 0) is 110 Å². The third kappa shape index (κ3) is 10.7. The molecule has 1 N–H and O–H groups in total. The van der Waals surface area contributed by atoms with Gasteiger partial charge >= 0.3 is 11.9 Å². The number of thiazole rings is 1. The van der Waals surface area contributed by atoms with Crippen molar-refractivity contribution in [2.24, 2.45) is 5.10 Å². The van der Waals surface area contributed by atoms with Crippen LogP contribution in [-0.2, 0) is 16.0 Å². The standard InChI is InChI=1S/C45H43N3O7S/c1-3-25-52-35-21-17-31(18-22-35)40(49)29-33-28-34(30-46-48-45-47-39-15-9-10-16-41(39)56-45)43(38-14-8-7-13-37(33)38)55-44(51)32-19-23-36(24-20-32)53-26-11-5-6-12-27-54-42(50)4-2/h4,7-10,13-24,28,30H,2-3,5-6,11-12,25-27,29H2,1H3,(H,47,48)/b46-30+. The lowest BCUT2D eigenvalue weighted by Crippen LogP contribution is -2.12. The summed E-state index contributed by atoms with van der Waals surface area (Å²) in [6.45, 7) is 6.93. The second-order valence-electron chi connectivity index (χ2n) is 12.9. The van der Waals surface area contributed by atoms with E-state index in [1.54, 1.807) is 42.6 Å². The fourth-order valence-corrected chi connectivity index (χ4v) is 6.75. The van der Waals surface area contributed by atoms with Crippen LogP contribution < -0.4 is 19.6 Å². The van der Waals surface area contributed by atoms with Gasteiger partial charge in [0.25, 0.3) is 0 Å². The number of unbranched alkanes of at least 4 members (excludes halogenated alkanes) is 3. The fourth-order valence-electron chi connectivity index (χ4n) is 5.93. The quantitative estimate of drug-likeness (QED) is 0.0154. The summed E-state index contributed by atoms with van der Waals surface area (Å²) in [7, 11) is 0.